The van der Waals surface area contributed by atoms with Crippen molar-refractivity contribution in [3.8, 4) is 0 Å². The van der Waals surface area contributed by atoms with Crippen molar-refractivity contribution in [2.75, 3.05) is 20.3 Å². The van der Waals surface area contributed by atoms with E-state index >= 15 is 0 Å². The summed E-state index contributed by atoms with van der Waals surface area (Å²) in [6.45, 7) is 2.85. The summed E-state index contributed by atoms with van der Waals surface area (Å²) in [5.74, 6) is 0.224. The topological polar surface area (TPSA) is 63.2 Å². The van der Waals surface area contributed by atoms with Gasteiger partial charge in [0.15, 0.2) is 6.29 Å². The van der Waals surface area contributed by atoms with E-state index in [0.717, 1.165) is 6.42 Å². The van der Waals surface area contributed by atoms with Crippen LogP contribution in [0.15, 0.2) is 11.3 Å². The van der Waals surface area contributed by atoms with Crippen molar-refractivity contribution in [2.24, 2.45) is 0 Å². The SMILES string of the molecule is COC1C/C(=C2\C(=O)OC(C)OCCC23CCO3)O1. The third-order valence-electron chi connectivity index (χ3n) is 3.84. The Kier molecular flexibility index (Phi) is 3.24. The largest absolute Gasteiger partial charge is 0.468 e. The molecule has 0 aliphatic carbocycles. The van der Waals surface area contributed by atoms with E-state index in [0.29, 0.717) is 37.4 Å². The van der Waals surface area contributed by atoms with Gasteiger partial charge in [-0.15, -0.1) is 0 Å². The fourth-order valence-electron chi connectivity index (χ4n) is 2.65. The highest BCUT2D eigenvalue weighted by molar-refractivity contribution is 5.92. The summed E-state index contributed by atoms with van der Waals surface area (Å²) in [5.41, 5.74) is -0.0761. The number of esters is 1. The van der Waals surface area contributed by atoms with Crippen molar-refractivity contribution in [2.45, 2.75) is 44.4 Å². The van der Waals surface area contributed by atoms with Crippen LogP contribution in [-0.2, 0) is 28.5 Å². The van der Waals surface area contributed by atoms with Crippen molar-refractivity contribution >= 4 is 5.97 Å². The van der Waals surface area contributed by atoms with Crippen LogP contribution in [0.3, 0.4) is 0 Å². The first-order valence-electron chi connectivity index (χ1n) is 6.54. The molecule has 6 heteroatoms. The maximum absolute atomic E-state index is 12.3. The summed E-state index contributed by atoms with van der Waals surface area (Å²) < 4.78 is 26.9. The Morgan fingerprint density at radius 2 is 2.00 bits per heavy atom. The minimum Gasteiger partial charge on any atom is -0.468 e. The van der Waals surface area contributed by atoms with Gasteiger partial charge in [0.25, 0.3) is 0 Å². The van der Waals surface area contributed by atoms with E-state index in [-0.39, 0.29) is 6.29 Å². The van der Waals surface area contributed by atoms with Gasteiger partial charge in [0.2, 0.25) is 6.29 Å². The van der Waals surface area contributed by atoms with Gasteiger partial charge in [-0.1, -0.05) is 0 Å². The van der Waals surface area contributed by atoms with Crippen LogP contribution in [0.4, 0.5) is 0 Å². The molecule has 6 nitrogen and oxygen atoms in total. The van der Waals surface area contributed by atoms with Crippen LogP contribution in [-0.4, -0.2) is 44.5 Å². The van der Waals surface area contributed by atoms with Crippen LogP contribution < -0.4 is 0 Å². The van der Waals surface area contributed by atoms with E-state index in [9.17, 15) is 4.79 Å². The lowest BCUT2D eigenvalue weighted by Gasteiger charge is -2.46. The summed E-state index contributed by atoms with van der Waals surface area (Å²) in [4.78, 5) is 12.3. The van der Waals surface area contributed by atoms with Gasteiger partial charge in [0.05, 0.1) is 19.6 Å². The quantitative estimate of drug-likeness (QED) is 0.525. The molecule has 0 saturated carbocycles. The molecule has 3 fully saturated rings. The van der Waals surface area contributed by atoms with Crippen molar-refractivity contribution in [1.29, 1.82) is 0 Å². The molecule has 19 heavy (non-hydrogen) atoms. The highest BCUT2D eigenvalue weighted by Crippen LogP contribution is 2.44. The maximum Gasteiger partial charge on any atom is 0.342 e. The first-order valence-corrected chi connectivity index (χ1v) is 6.54. The molecule has 3 rings (SSSR count). The molecule has 106 valence electrons. The summed E-state index contributed by atoms with van der Waals surface area (Å²) in [7, 11) is 1.58. The molecular weight excluding hydrogens is 252 g/mol. The number of carbonyl (C=O) groups excluding carboxylic acids is 1. The van der Waals surface area contributed by atoms with Gasteiger partial charge < -0.3 is 23.7 Å². The Bertz CT molecular complexity index is 403. The third kappa shape index (κ3) is 2.13. The lowest BCUT2D eigenvalue weighted by Crippen LogP contribution is -2.52. The highest BCUT2D eigenvalue weighted by atomic mass is 16.7. The van der Waals surface area contributed by atoms with E-state index in [1.165, 1.54) is 0 Å². The molecule has 0 aromatic heterocycles. The molecular formula is C13H18O6. The number of cyclic esters (lactones) is 1. The molecule has 3 heterocycles. The van der Waals surface area contributed by atoms with Crippen molar-refractivity contribution < 1.29 is 28.5 Å². The molecule has 0 amide bonds. The van der Waals surface area contributed by atoms with Gasteiger partial charge in [-0.3, -0.25) is 0 Å². The number of methoxy groups -OCH3 is 1. The monoisotopic (exact) mass is 270 g/mol. The predicted octanol–water partition coefficient (Wildman–Crippen LogP) is 1.10. The molecule has 0 bridgehead atoms. The molecule has 0 aromatic rings. The second-order valence-corrected chi connectivity index (χ2v) is 4.97. The Labute approximate surface area is 111 Å². The lowest BCUT2D eigenvalue weighted by molar-refractivity contribution is -0.206. The molecule has 3 aliphatic rings. The number of rotatable bonds is 1. The van der Waals surface area contributed by atoms with E-state index in [1.807, 2.05) is 0 Å². The zero-order valence-electron chi connectivity index (χ0n) is 11.1. The van der Waals surface area contributed by atoms with Crippen molar-refractivity contribution in [3.05, 3.63) is 11.3 Å². The smallest absolute Gasteiger partial charge is 0.342 e. The van der Waals surface area contributed by atoms with Crippen LogP contribution >= 0.6 is 0 Å². The van der Waals surface area contributed by atoms with E-state index < -0.39 is 17.9 Å². The summed E-state index contributed by atoms with van der Waals surface area (Å²) >= 11 is 0. The van der Waals surface area contributed by atoms with Crippen LogP contribution in [0.5, 0.6) is 0 Å². The van der Waals surface area contributed by atoms with Crippen LogP contribution in [0.1, 0.15) is 26.2 Å². The van der Waals surface area contributed by atoms with E-state index in [2.05, 4.69) is 0 Å². The van der Waals surface area contributed by atoms with Crippen LogP contribution in [0, 0.1) is 0 Å². The molecule has 0 N–H and O–H groups in total. The normalized spacial score (nSPS) is 42.5. The number of hydrogen-bond acceptors (Lipinski definition) is 6. The fraction of sp³-hybridized carbons (Fsp3) is 0.769. The molecule has 3 atom stereocenters. The minimum absolute atomic E-state index is 0.272. The Hall–Kier alpha value is -1.11. The van der Waals surface area contributed by atoms with Crippen LogP contribution in [0.2, 0.25) is 0 Å². The highest BCUT2D eigenvalue weighted by Gasteiger charge is 2.51. The zero-order valence-corrected chi connectivity index (χ0v) is 11.1. The average Bonchev–Trinajstić information content (AvgIpc) is 2.25. The molecule has 3 saturated heterocycles. The first kappa shape index (κ1) is 12.9. The molecule has 0 aromatic carbocycles. The van der Waals surface area contributed by atoms with Crippen molar-refractivity contribution in [1.82, 2.24) is 0 Å². The van der Waals surface area contributed by atoms with Gasteiger partial charge in [-0.2, -0.15) is 0 Å². The number of ether oxygens (including phenoxy) is 5. The second kappa shape index (κ2) is 4.77. The maximum atomic E-state index is 12.3. The average molecular weight is 270 g/mol. The standard InChI is InChI=1S/C13H18O6/c1-8-16-5-3-13(4-6-17-13)11(12(14)18-8)9-7-10(15-2)19-9/h8,10H,3-7H2,1-2H3/b11-9-. The second-order valence-electron chi connectivity index (χ2n) is 4.97. The molecule has 1 spiro atoms. The summed E-state index contributed by atoms with van der Waals surface area (Å²) in [6, 6.07) is 0. The Morgan fingerprint density at radius 3 is 2.58 bits per heavy atom. The Balaban J connectivity index is 1.88. The lowest BCUT2D eigenvalue weighted by atomic mass is 9.81. The number of carbonyl (C=O) groups is 1. The third-order valence-corrected chi connectivity index (χ3v) is 3.84. The summed E-state index contributed by atoms with van der Waals surface area (Å²) in [5, 5.41) is 0. The van der Waals surface area contributed by atoms with Gasteiger partial charge >= 0.3 is 5.97 Å². The summed E-state index contributed by atoms with van der Waals surface area (Å²) in [6.07, 6.45) is 1.21. The molecule has 3 unspecified atom stereocenters. The van der Waals surface area contributed by atoms with Gasteiger partial charge in [-0.25, -0.2) is 4.79 Å². The van der Waals surface area contributed by atoms with Gasteiger partial charge in [0.1, 0.15) is 16.9 Å². The minimum atomic E-state index is -0.592. The van der Waals surface area contributed by atoms with E-state index in [4.69, 9.17) is 23.7 Å². The molecule has 0 radical (unpaired) electrons. The fourth-order valence-corrected chi connectivity index (χ4v) is 2.65. The molecule has 3 aliphatic heterocycles. The van der Waals surface area contributed by atoms with E-state index in [1.54, 1.807) is 14.0 Å². The van der Waals surface area contributed by atoms with Crippen LogP contribution in [0.25, 0.3) is 0 Å². The zero-order chi connectivity index (χ0) is 13.5. The van der Waals surface area contributed by atoms with Gasteiger partial charge in [0, 0.05) is 20.0 Å². The van der Waals surface area contributed by atoms with Crippen molar-refractivity contribution in [3.63, 3.8) is 0 Å². The predicted molar refractivity (Wildman–Crippen MR) is 62.9 cm³/mol. The first-order chi connectivity index (χ1) is 9.14. The Morgan fingerprint density at radius 1 is 1.26 bits per heavy atom. The van der Waals surface area contributed by atoms with Gasteiger partial charge in [-0.05, 0) is 6.92 Å². The number of hydrogen-bond donors (Lipinski definition) is 0.